The summed E-state index contributed by atoms with van der Waals surface area (Å²) in [4.78, 5) is 18.6. The maximum absolute atomic E-state index is 12.5. The maximum Gasteiger partial charge on any atom is 0.251 e. The van der Waals surface area contributed by atoms with Crippen LogP contribution in [0.4, 0.5) is 0 Å². The quantitative estimate of drug-likeness (QED) is 0.723. The van der Waals surface area contributed by atoms with Crippen LogP contribution in [0.25, 0.3) is 5.69 Å². The molecule has 0 unspecified atom stereocenters. The molecule has 0 fully saturated rings. The number of imidazole rings is 1. The van der Waals surface area contributed by atoms with Gasteiger partial charge in [0, 0.05) is 35.2 Å². The third-order valence-corrected chi connectivity index (χ3v) is 4.62. The average Bonchev–Trinajstić information content (AvgIpc) is 3.18. The zero-order valence-corrected chi connectivity index (χ0v) is 15.5. The molecular weight excluding hydrogens is 348 g/mol. The largest absolute Gasteiger partial charge is 0.350 e. The number of carbonyl (C=O) groups excluding carboxylic acids is 1. The number of nitrogens with one attached hydrogen (secondary N) is 1. The van der Waals surface area contributed by atoms with E-state index in [-0.39, 0.29) is 11.9 Å². The first kappa shape index (κ1) is 18.2. The van der Waals surface area contributed by atoms with E-state index in [1.165, 1.54) is 0 Å². The molecule has 0 radical (unpaired) electrons. The van der Waals surface area contributed by atoms with Crippen LogP contribution in [0.15, 0.2) is 67.3 Å². The standard InChI is InChI=1S/C20H21ClN4O/c1-24(2)19(17-5-3-4-6-18(17)21)13-23-20(26)15-7-9-16(10-8-15)25-12-11-22-14-25/h3-12,14,19H,13H2,1-2H3,(H,23,26)/t19-/m1/s1. The molecule has 1 amide bonds. The van der Waals surface area contributed by atoms with Gasteiger partial charge in [0.05, 0.1) is 12.4 Å². The van der Waals surface area contributed by atoms with Gasteiger partial charge in [0.1, 0.15) is 0 Å². The molecule has 6 heteroatoms. The summed E-state index contributed by atoms with van der Waals surface area (Å²) in [6.07, 6.45) is 5.30. The summed E-state index contributed by atoms with van der Waals surface area (Å²) in [5, 5.41) is 3.70. The van der Waals surface area contributed by atoms with Crippen LogP contribution in [0.2, 0.25) is 5.02 Å². The number of nitrogens with zero attached hydrogens (tertiary/aromatic N) is 3. The van der Waals surface area contributed by atoms with Crippen LogP contribution in [0.1, 0.15) is 22.0 Å². The molecular formula is C20H21ClN4O. The Morgan fingerprint density at radius 3 is 2.54 bits per heavy atom. The van der Waals surface area contributed by atoms with Crippen molar-refractivity contribution in [3.8, 4) is 5.69 Å². The van der Waals surface area contributed by atoms with Crippen molar-refractivity contribution in [3.05, 3.63) is 83.4 Å². The van der Waals surface area contributed by atoms with Crippen molar-refractivity contribution in [2.24, 2.45) is 0 Å². The first-order valence-corrected chi connectivity index (χ1v) is 8.71. The van der Waals surface area contributed by atoms with Crippen LogP contribution in [-0.2, 0) is 0 Å². The Labute approximate surface area is 158 Å². The molecule has 134 valence electrons. The number of aromatic nitrogens is 2. The summed E-state index contributed by atoms with van der Waals surface area (Å²) in [5.74, 6) is -0.110. The molecule has 0 bridgehead atoms. The Kier molecular flexibility index (Phi) is 5.71. The number of hydrogen-bond donors (Lipinski definition) is 1. The molecule has 5 nitrogen and oxygen atoms in total. The molecule has 3 aromatic rings. The van der Waals surface area contributed by atoms with Gasteiger partial charge in [-0.25, -0.2) is 4.98 Å². The monoisotopic (exact) mass is 368 g/mol. The summed E-state index contributed by atoms with van der Waals surface area (Å²) >= 11 is 6.31. The van der Waals surface area contributed by atoms with Crippen LogP contribution >= 0.6 is 11.6 Å². The Balaban J connectivity index is 1.68. The predicted octanol–water partition coefficient (Wildman–Crippen LogP) is 3.56. The highest BCUT2D eigenvalue weighted by Gasteiger charge is 2.18. The summed E-state index contributed by atoms with van der Waals surface area (Å²) in [6, 6.07) is 15.1. The number of halogens is 1. The number of amides is 1. The van der Waals surface area contributed by atoms with Crippen LogP contribution in [0.3, 0.4) is 0 Å². The number of benzene rings is 2. The number of carbonyl (C=O) groups is 1. The minimum Gasteiger partial charge on any atom is -0.350 e. The van der Waals surface area contributed by atoms with Crippen molar-refractivity contribution in [1.29, 1.82) is 0 Å². The first-order valence-electron chi connectivity index (χ1n) is 8.33. The molecule has 1 aromatic heterocycles. The molecule has 0 saturated heterocycles. The van der Waals surface area contributed by atoms with Gasteiger partial charge in [-0.05, 0) is 50.0 Å². The number of rotatable bonds is 6. The smallest absolute Gasteiger partial charge is 0.251 e. The van der Waals surface area contributed by atoms with Crippen LogP contribution in [-0.4, -0.2) is 41.0 Å². The Morgan fingerprint density at radius 2 is 1.92 bits per heavy atom. The second-order valence-electron chi connectivity index (χ2n) is 6.23. The van der Waals surface area contributed by atoms with E-state index >= 15 is 0 Å². The van der Waals surface area contributed by atoms with Gasteiger partial charge in [-0.3, -0.25) is 4.79 Å². The van der Waals surface area contributed by atoms with E-state index in [9.17, 15) is 4.79 Å². The van der Waals surface area contributed by atoms with Crippen molar-refractivity contribution >= 4 is 17.5 Å². The molecule has 0 saturated carbocycles. The molecule has 0 aliphatic carbocycles. The van der Waals surface area contributed by atoms with Crippen LogP contribution < -0.4 is 5.32 Å². The van der Waals surface area contributed by atoms with Gasteiger partial charge >= 0.3 is 0 Å². The van der Waals surface area contributed by atoms with E-state index in [2.05, 4.69) is 10.3 Å². The number of likely N-dealkylation sites (N-methyl/N-ethyl adjacent to an activating group) is 1. The van der Waals surface area contributed by atoms with E-state index in [0.29, 0.717) is 17.1 Å². The normalized spacial score (nSPS) is 12.2. The molecule has 0 aliphatic heterocycles. The van der Waals surface area contributed by atoms with Crippen LogP contribution in [0.5, 0.6) is 0 Å². The zero-order valence-electron chi connectivity index (χ0n) is 14.8. The zero-order chi connectivity index (χ0) is 18.5. The number of hydrogen-bond acceptors (Lipinski definition) is 3. The van der Waals surface area contributed by atoms with Gasteiger partial charge in [0.2, 0.25) is 0 Å². The van der Waals surface area contributed by atoms with Crippen molar-refractivity contribution in [2.75, 3.05) is 20.6 Å². The third-order valence-electron chi connectivity index (χ3n) is 4.28. The lowest BCUT2D eigenvalue weighted by Gasteiger charge is -2.26. The van der Waals surface area contributed by atoms with Gasteiger partial charge < -0.3 is 14.8 Å². The minimum absolute atomic E-state index is 0.00197. The van der Waals surface area contributed by atoms with E-state index in [1.54, 1.807) is 12.5 Å². The summed E-state index contributed by atoms with van der Waals surface area (Å²) in [6.45, 7) is 0.471. The molecule has 2 aromatic carbocycles. The summed E-state index contributed by atoms with van der Waals surface area (Å²) < 4.78 is 1.89. The fraction of sp³-hybridized carbons (Fsp3) is 0.200. The van der Waals surface area contributed by atoms with E-state index in [4.69, 9.17) is 11.6 Å². The Morgan fingerprint density at radius 1 is 1.19 bits per heavy atom. The van der Waals surface area contributed by atoms with Gasteiger partial charge in [-0.2, -0.15) is 0 Å². The predicted molar refractivity (Wildman–Crippen MR) is 104 cm³/mol. The third kappa shape index (κ3) is 4.12. The Bertz CT molecular complexity index is 860. The van der Waals surface area contributed by atoms with Crippen molar-refractivity contribution < 1.29 is 4.79 Å². The SMILES string of the molecule is CN(C)[C@H](CNC(=O)c1ccc(-n2ccnc2)cc1)c1ccccc1Cl. The maximum atomic E-state index is 12.5. The first-order chi connectivity index (χ1) is 12.6. The molecule has 1 heterocycles. The van der Waals surface area contributed by atoms with E-state index in [0.717, 1.165) is 11.3 Å². The van der Waals surface area contributed by atoms with E-state index < -0.39 is 0 Å². The fourth-order valence-electron chi connectivity index (χ4n) is 2.80. The van der Waals surface area contributed by atoms with Gasteiger partial charge in [0.15, 0.2) is 0 Å². The van der Waals surface area contributed by atoms with Crippen molar-refractivity contribution in [1.82, 2.24) is 19.8 Å². The van der Waals surface area contributed by atoms with E-state index in [1.807, 2.05) is 78.3 Å². The van der Waals surface area contributed by atoms with Crippen molar-refractivity contribution in [2.45, 2.75) is 6.04 Å². The lowest BCUT2D eigenvalue weighted by Crippen LogP contribution is -2.34. The molecule has 3 rings (SSSR count). The highest BCUT2D eigenvalue weighted by atomic mass is 35.5. The van der Waals surface area contributed by atoms with Crippen molar-refractivity contribution in [3.63, 3.8) is 0 Å². The topological polar surface area (TPSA) is 50.2 Å². The fourth-order valence-corrected chi connectivity index (χ4v) is 3.07. The Hall–Kier alpha value is -2.63. The summed E-state index contributed by atoms with van der Waals surface area (Å²) in [7, 11) is 3.94. The lowest BCUT2D eigenvalue weighted by molar-refractivity contribution is 0.0942. The minimum atomic E-state index is -0.110. The molecule has 0 aliphatic rings. The molecule has 1 atom stereocenters. The highest BCUT2D eigenvalue weighted by molar-refractivity contribution is 6.31. The average molecular weight is 369 g/mol. The second kappa shape index (κ2) is 8.17. The molecule has 1 N–H and O–H groups in total. The molecule has 0 spiro atoms. The van der Waals surface area contributed by atoms with Gasteiger partial charge in [0.25, 0.3) is 5.91 Å². The molecule has 26 heavy (non-hydrogen) atoms. The second-order valence-corrected chi connectivity index (χ2v) is 6.63. The van der Waals surface area contributed by atoms with Gasteiger partial charge in [-0.1, -0.05) is 29.8 Å². The lowest BCUT2D eigenvalue weighted by atomic mass is 10.1. The van der Waals surface area contributed by atoms with Crippen LogP contribution in [0, 0.1) is 0 Å². The highest BCUT2D eigenvalue weighted by Crippen LogP contribution is 2.25. The summed E-state index contributed by atoms with van der Waals surface area (Å²) in [5.41, 5.74) is 2.57. The van der Waals surface area contributed by atoms with Gasteiger partial charge in [-0.15, -0.1) is 0 Å².